The molecule has 0 radical (unpaired) electrons. The third-order valence-electron chi connectivity index (χ3n) is 5.02. The molecule has 130 valence electrons. The fraction of sp³-hybridized carbons (Fsp3) is 0.400. The zero-order chi connectivity index (χ0) is 17.2. The Hall–Kier alpha value is -2.14. The molecular formula is C20H23N3OS. The number of carbonyl (C=O) groups is 1. The van der Waals surface area contributed by atoms with Crippen molar-refractivity contribution in [3.8, 4) is 0 Å². The van der Waals surface area contributed by atoms with Gasteiger partial charge in [0.1, 0.15) is 0 Å². The van der Waals surface area contributed by atoms with E-state index in [4.69, 9.17) is 0 Å². The van der Waals surface area contributed by atoms with E-state index in [1.165, 1.54) is 11.1 Å². The number of thiazole rings is 1. The summed E-state index contributed by atoms with van der Waals surface area (Å²) >= 11 is 1.60. The van der Waals surface area contributed by atoms with Gasteiger partial charge in [-0.1, -0.05) is 31.2 Å². The molecule has 4 rings (SSSR count). The summed E-state index contributed by atoms with van der Waals surface area (Å²) < 4.78 is 1.99. The molecule has 5 heteroatoms. The van der Waals surface area contributed by atoms with E-state index in [1.807, 2.05) is 22.2 Å². The summed E-state index contributed by atoms with van der Waals surface area (Å²) in [6.45, 7) is 2.97. The van der Waals surface area contributed by atoms with Gasteiger partial charge in [-0.15, -0.1) is 11.3 Å². The van der Waals surface area contributed by atoms with Crippen LogP contribution in [0.15, 0.2) is 42.0 Å². The van der Waals surface area contributed by atoms with Crippen molar-refractivity contribution < 1.29 is 4.79 Å². The van der Waals surface area contributed by atoms with Gasteiger partial charge in [-0.3, -0.25) is 9.20 Å². The Bertz CT molecular complexity index is 853. The van der Waals surface area contributed by atoms with Crippen LogP contribution in [0.2, 0.25) is 0 Å². The summed E-state index contributed by atoms with van der Waals surface area (Å²) in [7, 11) is 0. The smallest absolute Gasteiger partial charge is 0.228 e. The minimum atomic E-state index is 0.206. The van der Waals surface area contributed by atoms with Gasteiger partial charge in [0.05, 0.1) is 12.1 Å². The highest BCUT2D eigenvalue weighted by atomic mass is 32.1. The molecule has 1 atom stereocenters. The van der Waals surface area contributed by atoms with Crippen LogP contribution in [0.3, 0.4) is 0 Å². The number of rotatable bonds is 5. The van der Waals surface area contributed by atoms with Crippen molar-refractivity contribution in [3.05, 3.63) is 58.9 Å². The maximum Gasteiger partial charge on any atom is 0.228 e. The Kier molecular flexibility index (Phi) is 4.57. The standard InChI is InChI=1S/C20H23N3OS/c1-2-9-23(18-8-7-15-5-3-4-6-16(15)12-18)19(24)13-17-14-22-10-11-25-20(22)21-17/h3-6,10-11,14,18H,2,7-9,12-13H2,1H3. The van der Waals surface area contributed by atoms with E-state index >= 15 is 0 Å². The highest BCUT2D eigenvalue weighted by Gasteiger charge is 2.27. The molecule has 0 spiro atoms. The van der Waals surface area contributed by atoms with Crippen LogP contribution in [0.4, 0.5) is 0 Å². The van der Waals surface area contributed by atoms with Crippen LogP contribution in [-0.4, -0.2) is 32.8 Å². The third kappa shape index (κ3) is 3.33. The molecule has 0 saturated heterocycles. The molecule has 0 bridgehead atoms. The van der Waals surface area contributed by atoms with Gasteiger partial charge in [0.2, 0.25) is 5.91 Å². The van der Waals surface area contributed by atoms with E-state index in [2.05, 4.69) is 41.1 Å². The second kappa shape index (κ2) is 7.00. The number of fused-ring (bicyclic) bond motifs is 2. The van der Waals surface area contributed by atoms with Gasteiger partial charge in [-0.2, -0.15) is 0 Å². The maximum absolute atomic E-state index is 13.0. The van der Waals surface area contributed by atoms with Crippen molar-refractivity contribution in [2.24, 2.45) is 0 Å². The molecule has 1 aliphatic carbocycles. The quantitative estimate of drug-likeness (QED) is 0.701. The van der Waals surface area contributed by atoms with Gasteiger partial charge in [-0.05, 0) is 36.8 Å². The Labute approximate surface area is 152 Å². The lowest BCUT2D eigenvalue weighted by Crippen LogP contribution is -2.44. The topological polar surface area (TPSA) is 37.6 Å². The zero-order valence-electron chi connectivity index (χ0n) is 14.5. The molecule has 1 unspecified atom stereocenters. The highest BCUT2D eigenvalue weighted by Crippen LogP contribution is 2.25. The number of aryl methyl sites for hydroxylation is 1. The number of amides is 1. The average Bonchev–Trinajstić information content (AvgIpc) is 3.20. The summed E-state index contributed by atoms with van der Waals surface area (Å²) in [5, 5.41) is 2.01. The van der Waals surface area contributed by atoms with Gasteiger partial charge in [0, 0.05) is 30.4 Å². The third-order valence-corrected chi connectivity index (χ3v) is 5.79. The molecule has 1 aliphatic rings. The normalized spacial score (nSPS) is 16.8. The Morgan fingerprint density at radius 3 is 3.00 bits per heavy atom. The minimum absolute atomic E-state index is 0.206. The number of benzene rings is 1. The number of hydrogen-bond donors (Lipinski definition) is 0. The van der Waals surface area contributed by atoms with Crippen LogP contribution >= 0.6 is 11.3 Å². The van der Waals surface area contributed by atoms with Gasteiger partial charge in [-0.25, -0.2) is 4.98 Å². The molecule has 0 N–H and O–H groups in total. The molecular weight excluding hydrogens is 330 g/mol. The first-order valence-electron chi connectivity index (χ1n) is 9.02. The summed E-state index contributed by atoms with van der Waals surface area (Å²) in [6, 6.07) is 8.95. The van der Waals surface area contributed by atoms with Gasteiger partial charge in [0.25, 0.3) is 0 Å². The molecule has 0 saturated carbocycles. The van der Waals surface area contributed by atoms with Crippen molar-refractivity contribution >= 4 is 22.2 Å². The number of nitrogens with zero attached hydrogens (tertiary/aromatic N) is 3. The lowest BCUT2D eigenvalue weighted by atomic mass is 9.87. The summed E-state index contributed by atoms with van der Waals surface area (Å²) in [4.78, 5) is 20.6. The maximum atomic E-state index is 13.0. The first kappa shape index (κ1) is 16.3. The summed E-state index contributed by atoms with van der Waals surface area (Å²) in [5.74, 6) is 0.206. The molecule has 4 nitrogen and oxygen atoms in total. The van der Waals surface area contributed by atoms with Crippen molar-refractivity contribution in [1.29, 1.82) is 0 Å². The van der Waals surface area contributed by atoms with Gasteiger partial charge >= 0.3 is 0 Å². The van der Waals surface area contributed by atoms with Gasteiger partial charge < -0.3 is 4.90 Å². The van der Waals surface area contributed by atoms with E-state index in [0.29, 0.717) is 12.5 Å². The van der Waals surface area contributed by atoms with Crippen LogP contribution in [0.1, 0.15) is 36.6 Å². The molecule has 1 amide bonds. The number of carbonyl (C=O) groups excluding carboxylic acids is 1. The predicted octanol–water partition coefficient (Wildman–Crippen LogP) is 3.73. The largest absolute Gasteiger partial charge is 0.339 e. The minimum Gasteiger partial charge on any atom is -0.339 e. The second-order valence-electron chi connectivity index (χ2n) is 6.75. The Morgan fingerprint density at radius 2 is 2.20 bits per heavy atom. The van der Waals surface area contributed by atoms with Crippen molar-refractivity contribution in [2.45, 2.75) is 45.1 Å². The molecule has 25 heavy (non-hydrogen) atoms. The molecule has 2 heterocycles. The molecule has 1 aromatic carbocycles. The number of aromatic nitrogens is 2. The summed E-state index contributed by atoms with van der Waals surface area (Å²) in [6.07, 6.45) is 8.44. The number of imidazole rings is 1. The first-order chi connectivity index (χ1) is 12.2. The monoisotopic (exact) mass is 353 g/mol. The van der Waals surface area contributed by atoms with Crippen LogP contribution in [0.25, 0.3) is 4.96 Å². The Balaban J connectivity index is 1.50. The van der Waals surface area contributed by atoms with E-state index in [0.717, 1.165) is 42.9 Å². The molecule has 3 aromatic rings. The van der Waals surface area contributed by atoms with Crippen LogP contribution in [0.5, 0.6) is 0 Å². The van der Waals surface area contributed by atoms with E-state index in [1.54, 1.807) is 11.3 Å². The van der Waals surface area contributed by atoms with Crippen molar-refractivity contribution in [1.82, 2.24) is 14.3 Å². The lowest BCUT2D eigenvalue weighted by molar-refractivity contribution is -0.133. The fourth-order valence-electron chi connectivity index (χ4n) is 3.81. The summed E-state index contributed by atoms with van der Waals surface area (Å²) in [5.41, 5.74) is 3.71. The SMILES string of the molecule is CCCN(C(=O)Cc1cn2ccsc2n1)C1CCc2ccccc2C1. The van der Waals surface area contributed by atoms with E-state index < -0.39 is 0 Å². The van der Waals surface area contributed by atoms with Crippen molar-refractivity contribution in [3.63, 3.8) is 0 Å². The first-order valence-corrected chi connectivity index (χ1v) is 9.90. The predicted molar refractivity (Wildman–Crippen MR) is 101 cm³/mol. The lowest BCUT2D eigenvalue weighted by Gasteiger charge is -2.35. The molecule has 0 fully saturated rings. The van der Waals surface area contributed by atoms with Gasteiger partial charge in [0.15, 0.2) is 4.96 Å². The van der Waals surface area contributed by atoms with E-state index in [-0.39, 0.29) is 5.91 Å². The Morgan fingerprint density at radius 1 is 1.36 bits per heavy atom. The molecule has 0 aliphatic heterocycles. The zero-order valence-corrected chi connectivity index (χ0v) is 15.3. The van der Waals surface area contributed by atoms with Crippen LogP contribution < -0.4 is 0 Å². The average molecular weight is 353 g/mol. The van der Waals surface area contributed by atoms with Crippen molar-refractivity contribution in [2.75, 3.05) is 6.54 Å². The highest BCUT2D eigenvalue weighted by molar-refractivity contribution is 7.15. The fourth-order valence-corrected chi connectivity index (χ4v) is 4.53. The van der Waals surface area contributed by atoms with Crippen LogP contribution in [0, 0.1) is 0 Å². The van der Waals surface area contributed by atoms with Crippen LogP contribution in [-0.2, 0) is 24.1 Å². The molecule has 2 aromatic heterocycles. The second-order valence-corrected chi connectivity index (χ2v) is 7.63. The van der Waals surface area contributed by atoms with E-state index in [9.17, 15) is 4.79 Å². The number of hydrogen-bond acceptors (Lipinski definition) is 3.